The fourth-order valence-electron chi connectivity index (χ4n) is 3.24. The second kappa shape index (κ2) is 9.12. The zero-order chi connectivity index (χ0) is 21.7. The summed E-state index contributed by atoms with van der Waals surface area (Å²) in [5, 5.41) is 18.0. The standard InChI is InChI=1S/C20H22F3N5O2/c1-2-17(30)26-15-8-3-4-9-16(15)27-18-14(20(21,22)23)11-24-19(28-18)25-12-6-5-7-13(29)10-12/h2-4,8-9,11-13,29H,1,5-7,10H2,(H,26,30)(H2,24,25,27,28). The Labute approximate surface area is 171 Å². The van der Waals surface area contributed by atoms with Gasteiger partial charge in [0.1, 0.15) is 11.4 Å². The first-order chi connectivity index (χ1) is 14.3. The van der Waals surface area contributed by atoms with E-state index in [0.29, 0.717) is 19.0 Å². The molecule has 2 atom stereocenters. The Balaban J connectivity index is 1.90. The number of halogens is 3. The number of carbonyl (C=O) groups is 1. The summed E-state index contributed by atoms with van der Waals surface area (Å²) in [5.41, 5.74) is -0.531. The predicted molar refractivity (Wildman–Crippen MR) is 107 cm³/mol. The molecule has 0 radical (unpaired) electrons. The van der Waals surface area contributed by atoms with Crippen LogP contribution in [0.5, 0.6) is 0 Å². The van der Waals surface area contributed by atoms with Crippen molar-refractivity contribution < 1.29 is 23.1 Å². The number of hydrogen-bond donors (Lipinski definition) is 4. The lowest BCUT2D eigenvalue weighted by atomic mass is 9.93. The molecule has 160 valence electrons. The molecule has 0 spiro atoms. The molecule has 1 aliphatic carbocycles. The average molecular weight is 421 g/mol. The van der Waals surface area contributed by atoms with Gasteiger partial charge >= 0.3 is 6.18 Å². The molecule has 7 nitrogen and oxygen atoms in total. The maximum Gasteiger partial charge on any atom is 0.421 e. The topological polar surface area (TPSA) is 99.2 Å². The molecule has 0 aliphatic heterocycles. The Morgan fingerprint density at radius 1 is 1.23 bits per heavy atom. The molecule has 1 amide bonds. The fraction of sp³-hybridized carbons (Fsp3) is 0.350. The van der Waals surface area contributed by atoms with Crippen LogP contribution in [0.2, 0.25) is 0 Å². The minimum Gasteiger partial charge on any atom is -0.393 e. The van der Waals surface area contributed by atoms with Crippen molar-refractivity contribution in [2.75, 3.05) is 16.0 Å². The van der Waals surface area contributed by atoms with Crippen molar-refractivity contribution in [3.8, 4) is 0 Å². The number of aromatic nitrogens is 2. The van der Waals surface area contributed by atoms with E-state index >= 15 is 0 Å². The van der Waals surface area contributed by atoms with Gasteiger partial charge in [-0.2, -0.15) is 18.2 Å². The molecule has 2 aromatic rings. The Morgan fingerprint density at radius 3 is 2.63 bits per heavy atom. The lowest BCUT2D eigenvalue weighted by Crippen LogP contribution is -2.30. The highest BCUT2D eigenvalue weighted by atomic mass is 19.4. The van der Waals surface area contributed by atoms with Gasteiger partial charge in [0.05, 0.1) is 17.5 Å². The van der Waals surface area contributed by atoms with Crippen molar-refractivity contribution in [3.63, 3.8) is 0 Å². The summed E-state index contributed by atoms with van der Waals surface area (Å²) >= 11 is 0. The third-order valence-electron chi connectivity index (χ3n) is 4.70. The summed E-state index contributed by atoms with van der Waals surface area (Å²) in [6.07, 6.45) is -0.618. The predicted octanol–water partition coefficient (Wildman–Crippen LogP) is 4.08. The van der Waals surface area contributed by atoms with Gasteiger partial charge in [-0.15, -0.1) is 0 Å². The summed E-state index contributed by atoms with van der Waals surface area (Å²) in [4.78, 5) is 19.5. The summed E-state index contributed by atoms with van der Waals surface area (Å²) < 4.78 is 40.5. The number of carbonyl (C=O) groups excluding carboxylic acids is 1. The Kier molecular flexibility index (Phi) is 6.56. The number of anilines is 4. The molecule has 2 unspecified atom stereocenters. The van der Waals surface area contributed by atoms with E-state index in [9.17, 15) is 23.1 Å². The number of nitrogens with one attached hydrogen (secondary N) is 3. The SMILES string of the molecule is C=CC(=O)Nc1ccccc1Nc1nc(NC2CCCC(O)C2)ncc1C(F)(F)F. The number of rotatable bonds is 6. The van der Waals surface area contributed by atoms with Crippen molar-refractivity contribution in [3.05, 3.63) is 48.7 Å². The molecule has 30 heavy (non-hydrogen) atoms. The van der Waals surface area contributed by atoms with Gasteiger partial charge in [-0.3, -0.25) is 4.79 Å². The molecule has 4 N–H and O–H groups in total. The van der Waals surface area contributed by atoms with Crippen molar-refractivity contribution in [2.24, 2.45) is 0 Å². The Morgan fingerprint density at radius 2 is 1.97 bits per heavy atom. The highest BCUT2D eigenvalue weighted by Gasteiger charge is 2.35. The maximum atomic E-state index is 13.5. The van der Waals surface area contributed by atoms with Gasteiger partial charge in [0.25, 0.3) is 0 Å². The molecule has 1 aromatic carbocycles. The van der Waals surface area contributed by atoms with Crippen LogP contribution in [0, 0.1) is 0 Å². The van der Waals surface area contributed by atoms with Crippen LogP contribution in [-0.2, 0) is 11.0 Å². The minimum absolute atomic E-state index is 0.0252. The molecule has 0 bridgehead atoms. The van der Waals surface area contributed by atoms with Crippen molar-refractivity contribution in [1.82, 2.24) is 9.97 Å². The summed E-state index contributed by atoms with van der Waals surface area (Å²) in [6, 6.07) is 6.18. The van der Waals surface area contributed by atoms with Crippen LogP contribution >= 0.6 is 0 Å². The molecule has 0 saturated heterocycles. The van der Waals surface area contributed by atoms with Crippen LogP contribution in [0.1, 0.15) is 31.2 Å². The van der Waals surface area contributed by atoms with Crippen LogP contribution in [0.4, 0.5) is 36.3 Å². The van der Waals surface area contributed by atoms with Crippen molar-refractivity contribution >= 4 is 29.0 Å². The average Bonchev–Trinajstić information content (AvgIpc) is 2.68. The number of hydrogen-bond acceptors (Lipinski definition) is 6. The Hall–Kier alpha value is -3.14. The first-order valence-corrected chi connectivity index (χ1v) is 9.44. The number of aliphatic hydroxyl groups excluding tert-OH is 1. The number of benzene rings is 1. The number of para-hydroxylation sites is 2. The summed E-state index contributed by atoms with van der Waals surface area (Å²) in [7, 11) is 0. The molecule has 1 heterocycles. The van der Waals surface area contributed by atoms with E-state index in [1.807, 2.05) is 0 Å². The van der Waals surface area contributed by atoms with Crippen molar-refractivity contribution in [1.29, 1.82) is 0 Å². The van der Waals surface area contributed by atoms with Gasteiger partial charge in [-0.05, 0) is 43.9 Å². The lowest BCUT2D eigenvalue weighted by molar-refractivity contribution is -0.137. The smallest absolute Gasteiger partial charge is 0.393 e. The van der Waals surface area contributed by atoms with Gasteiger partial charge < -0.3 is 21.1 Å². The summed E-state index contributed by atoms with van der Waals surface area (Å²) in [5.74, 6) is -0.921. The van der Waals surface area contributed by atoms with Gasteiger partial charge in [0.2, 0.25) is 11.9 Å². The Bertz CT molecular complexity index is 920. The first-order valence-electron chi connectivity index (χ1n) is 9.44. The van der Waals surface area contributed by atoms with E-state index in [2.05, 4.69) is 32.5 Å². The molecular formula is C20H22F3N5O2. The van der Waals surface area contributed by atoms with Gasteiger partial charge in [-0.1, -0.05) is 18.7 Å². The number of nitrogens with zero attached hydrogens (tertiary/aromatic N) is 2. The second-order valence-corrected chi connectivity index (χ2v) is 6.98. The van der Waals surface area contributed by atoms with E-state index in [1.54, 1.807) is 18.2 Å². The minimum atomic E-state index is -4.68. The molecule has 1 aliphatic rings. The quantitative estimate of drug-likeness (QED) is 0.525. The summed E-state index contributed by atoms with van der Waals surface area (Å²) in [6.45, 7) is 3.36. The normalized spacial score (nSPS) is 19.1. The molecule has 10 heteroatoms. The van der Waals surface area contributed by atoms with E-state index in [-0.39, 0.29) is 23.4 Å². The fourth-order valence-corrected chi connectivity index (χ4v) is 3.24. The van der Waals surface area contributed by atoms with Crippen LogP contribution < -0.4 is 16.0 Å². The lowest BCUT2D eigenvalue weighted by Gasteiger charge is -2.27. The molecule has 3 rings (SSSR count). The van der Waals surface area contributed by atoms with Crippen LogP contribution in [0.15, 0.2) is 43.1 Å². The number of amides is 1. The van der Waals surface area contributed by atoms with E-state index in [0.717, 1.165) is 18.9 Å². The first kappa shape index (κ1) is 21.6. The highest BCUT2D eigenvalue weighted by molar-refractivity contribution is 6.01. The molecule has 1 aromatic heterocycles. The number of aliphatic hydroxyl groups is 1. The molecule has 1 fully saturated rings. The van der Waals surface area contributed by atoms with Crippen molar-refractivity contribution in [2.45, 2.75) is 44.0 Å². The number of alkyl halides is 3. The van der Waals surface area contributed by atoms with Gasteiger partial charge in [0, 0.05) is 12.2 Å². The molecular weight excluding hydrogens is 399 g/mol. The van der Waals surface area contributed by atoms with E-state index in [4.69, 9.17) is 0 Å². The third kappa shape index (κ3) is 5.47. The monoisotopic (exact) mass is 421 g/mol. The zero-order valence-corrected chi connectivity index (χ0v) is 16.0. The highest BCUT2D eigenvalue weighted by Crippen LogP contribution is 2.36. The van der Waals surface area contributed by atoms with Crippen LogP contribution in [-0.4, -0.2) is 33.1 Å². The second-order valence-electron chi connectivity index (χ2n) is 6.98. The molecule has 1 saturated carbocycles. The zero-order valence-electron chi connectivity index (χ0n) is 16.0. The van der Waals surface area contributed by atoms with E-state index in [1.165, 1.54) is 6.07 Å². The van der Waals surface area contributed by atoms with Crippen LogP contribution in [0.25, 0.3) is 0 Å². The van der Waals surface area contributed by atoms with Gasteiger partial charge in [0.15, 0.2) is 0 Å². The van der Waals surface area contributed by atoms with Crippen LogP contribution in [0.3, 0.4) is 0 Å². The third-order valence-corrected chi connectivity index (χ3v) is 4.70. The van der Waals surface area contributed by atoms with Gasteiger partial charge in [-0.25, -0.2) is 4.98 Å². The van der Waals surface area contributed by atoms with E-state index < -0.39 is 29.6 Å². The maximum absolute atomic E-state index is 13.5. The largest absolute Gasteiger partial charge is 0.421 e.